The number of carbonyl (C=O) groups excluding carboxylic acids is 2. The lowest BCUT2D eigenvalue weighted by molar-refractivity contribution is -0.136. The normalized spacial score (nSPS) is 25.0. The van der Waals surface area contributed by atoms with Crippen molar-refractivity contribution in [1.29, 1.82) is 0 Å². The number of halogens is 1. The second-order valence-electron chi connectivity index (χ2n) is 7.18. The van der Waals surface area contributed by atoms with E-state index in [0.29, 0.717) is 32.2 Å². The molecule has 2 aliphatic heterocycles. The Morgan fingerprint density at radius 2 is 1.96 bits per heavy atom. The van der Waals surface area contributed by atoms with Gasteiger partial charge >= 0.3 is 0 Å². The second-order valence-corrected chi connectivity index (χ2v) is 7.18. The molecule has 0 aromatic heterocycles. The number of amides is 2. The Morgan fingerprint density at radius 3 is 2.58 bits per heavy atom. The highest BCUT2D eigenvalue weighted by Crippen LogP contribution is 2.28. The topological polar surface area (TPSA) is 61.9 Å². The number of methoxy groups -OCH3 is 1. The number of rotatable bonds is 7. The molecule has 7 heteroatoms. The minimum atomic E-state index is -0.157. The average molecular weight is 360 g/mol. The van der Waals surface area contributed by atoms with E-state index in [-0.39, 0.29) is 30.1 Å². The van der Waals surface area contributed by atoms with Crippen LogP contribution in [0.4, 0.5) is 0 Å². The van der Waals surface area contributed by atoms with Gasteiger partial charge in [0, 0.05) is 45.8 Å². The van der Waals surface area contributed by atoms with Gasteiger partial charge in [0.1, 0.15) is 0 Å². The average Bonchev–Trinajstić information content (AvgIpc) is 3.33. The first-order valence-corrected chi connectivity index (χ1v) is 8.96. The molecule has 1 aliphatic carbocycles. The number of piperidine rings is 1. The summed E-state index contributed by atoms with van der Waals surface area (Å²) in [5.41, 5.74) is 0. The number of carbonyl (C=O) groups is 2. The Morgan fingerprint density at radius 1 is 1.25 bits per heavy atom. The molecular formula is C17H30ClN3O3. The van der Waals surface area contributed by atoms with E-state index in [1.165, 1.54) is 12.8 Å². The number of hydrogen-bond donors (Lipinski definition) is 1. The second kappa shape index (κ2) is 9.02. The van der Waals surface area contributed by atoms with E-state index >= 15 is 0 Å². The number of nitrogens with one attached hydrogen (secondary N) is 1. The van der Waals surface area contributed by atoms with Crippen LogP contribution in [0.5, 0.6) is 0 Å². The van der Waals surface area contributed by atoms with Gasteiger partial charge in [-0.3, -0.25) is 9.59 Å². The summed E-state index contributed by atoms with van der Waals surface area (Å²) in [6, 6.07) is 0.558. The predicted octanol–water partition coefficient (Wildman–Crippen LogP) is 0.894. The molecule has 6 nitrogen and oxygen atoms in total. The quantitative estimate of drug-likeness (QED) is 0.733. The third-order valence-electron chi connectivity index (χ3n) is 5.33. The highest BCUT2D eigenvalue weighted by atomic mass is 35.5. The summed E-state index contributed by atoms with van der Waals surface area (Å²) in [5, 5.41) is 3.64. The molecule has 3 fully saturated rings. The van der Waals surface area contributed by atoms with Crippen molar-refractivity contribution in [2.75, 3.05) is 46.4 Å². The van der Waals surface area contributed by atoms with Crippen LogP contribution in [0.3, 0.4) is 0 Å². The van der Waals surface area contributed by atoms with Gasteiger partial charge in [-0.15, -0.1) is 12.4 Å². The molecule has 1 saturated carbocycles. The van der Waals surface area contributed by atoms with Gasteiger partial charge in [-0.1, -0.05) is 0 Å². The smallest absolute Gasteiger partial charge is 0.227 e. The first-order chi connectivity index (χ1) is 11.2. The fourth-order valence-electron chi connectivity index (χ4n) is 3.57. The van der Waals surface area contributed by atoms with Crippen molar-refractivity contribution in [3.8, 4) is 0 Å². The summed E-state index contributed by atoms with van der Waals surface area (Å²) < 4.78 is 5.02. The molecule has 0 spiro atoms. The first-order valence-electron chi connectivity index (χ1n) is 8.96. The molecule has 0 aromatic rings. The van der Waals surface area contributed by atoms with Gasteiger partial charge in [-0.2, -0.15) is 0 Å². The summed E-state index contributed by atoms with van der Waals surface area (Å²) >= 11 is 0. The maximum Gasteiger partial charge on any atom is 0.227 e. The molecule has 2 heterocycles. The highest BCUT2D eigenvalue weighted by molar-refractivity contribution is 5.89. The summed E-state index contributed by atoms with van der Waals surface area (Å²) in [4.78, 5) is 28.3. The lowest BCUT2D eigenvalue weighted by Crippen LogP contribution is -2.47. The van der Waals surface area contributed by atoms with Crippen LogP contribution in [0.1, 0.15) is 32.1 Å². The van der Waals surface area contributed by atoms with Gasteiger partial charge in [0.05, 0.1) is 12.5 Å². The zero-order valence-corrected chi connectivity index (χ0v) is 15.4. The fraction of sp³-hybridized carbons (Fsp3) is 0.882. The van der Waals surface area contributed by atoms with E-state index < -0.39 is 0 Å². The standard InChI is InChI=1S/C17H29N3O3.ClH/c1-23-9-8-20-12-14(10-16(20)21)17(22)19-6-4-15(5-7-19)18-11-13-2-3-13;/h13-15,18H,2-12H2,1H3;1H. The molecule has 2 amide bonds. The van der Waals surface area contributed by atoms with E-state index in [2.05, 4.69) is 5.32 Å². The lowest BCUT2D eigenvalue weighted by atomic mass is 10.0. The summed E-state index contributed by atoms with van der Waals surface area (Å²) in [7, 11) is 1.63. The lowest BCUT2D eigenvalue weighted by Gasteiger charge is -2.34. The number of hydrogen-bond acceptors (Lipinski definition) is 4. The Balaban J connectivity index is 0.00000208. The van der Waals surface area contributed by atoms with Crippen LogP contribution < -0.4 is 5.32 Å². The molecule has 138 valence electrons. The zero-order chi connectivity index (χ0) is 16.2. The molecule has 1 N–H and O–H groups in total. The maximum atomic E-state index is 12.6. The largest absolute Gasteiger partial charge is 0.383 e. The molecule has 0 radical (unpaired) electrons. The van der Waals surface area contributed by atoms with E-state index in [0.717, 1.165) is 38.4 Å². The summed E-state index contributed by atoms with van der Waals surface area (Å²) in [6.45, 7) is 4.47. The van der Waals surface area contributed by atoms with Crippen molar-refractivity contribution in [3.63, 3.8) is 0 Å². The van der Waals surface area contributed by atoms with Crippen molar-refractivity contribution >= 4 is 24.2 Å². The van der Waals surface area contributed by atoms with Gasteiger partial charge in [-0.25, -0.2) is 0 Å². The summed E-state index contributed by atoms with van der Waals surface area (Å²) in [6.07, 6.45) is 5.18. The third-order valence-corrected chi connectivity index (χ3v) is 5.33. The van der Waals surface area contributed by atoms with Crippen LogP contribution in [0, 0.1) is 11.8 Å². The number of ether oxygens (including phenoxy) is 1. The number of likely N-dealkylation sites (tertiary alicyclic amines) is 2. The first kappa shape index (κ1) is 19.5. The molecule has 0 bridgehead atoms. The van der Waals surface area contributed by atoms with Crippen molar-refractivity contribution in [1.82, 2.24) is 15.1 Å². The molecule has 1 unspecified atom stereocenters. The minimum Gasteiger partial charge on any atom is -0.383 e. The maximum absolute atomic E-state index is 12.6. The Kier molecular flexibility index (Phi) is 7.32. The van der Waals surface area contributed by atoms with Crippen molar-refractivity contribution in [3.05, 3.63) is 0 Å². The van der Waals surface area contributed by atoms with E-state index in [1.807, 2.05) is 4.90 Å². The monoisotopic (exact) mass is 359 g/mol. The van der Waals surface area contributed by atoms with Gasteiger partial charge in [0.15, 0.2) is 0 Å². The van der Waals surface area contributed by atoms with E-state index in [4.69, 9.17) is 4.74 Å². The fourth-order valence-corrected chi connectivity index (χ4v) is 3.57. The van der Waals surface area contributed by atoms with Gasteiger partial charge in [-0.05, 0) is 38.1 Å². The third kappa shape index (κ3) is 5.07. The van der Waals surface area contributed by atoms with Crippen molar-refractivity contribution < 1.29 is 14.3 Å². The zero-order valence-electron chi connectivity index (χ0n) is 14.5. The Hall–Kier alpha value is -0.850. The molecule has 24 heavy (non-hydrogen) atoms. The Labute approximate surface area is 150 Å². The predicted molar refractivity (Wildman–Crippen MR) is 94.1 cm³/mol. The van der Waals surface area contributed by atoms with Crippen LogP contribution in [0.25, 0.3) is 0 Å². The summed E-state index contributed by atoms with van der Waals surface area (Å²) in [5.74, 6) is 0.993. The van der Waals surface area contributed by atoms with Crippen LogP contribution in [0.15, 0.2) is 0 Å². The molecule has 2 saturated heterocycles. The van der Waals surface area contributed by atoms with E-state index in [1.54, 1.807) is 12.0 Å². The SMILES string of the molecule is COCCN1CC(C(=O)N2CCC(NCC3CC3)CC2)CC1=O.Cl. The van der Waals surface area contributed by atoms with Gasteiger partial charge < -0.3 is 19.9 Å². The van der Waals surface area contributed by atoms with Gasteiger partial charge in [0.2, 0.25) is 11.8 Å². The van der Waals surface area contributed by atoms with E-state index in [9.17, 15) is 9.59 Å². The van der Waals surface area contributed by atoms with Gasteiger partial charge in [0.25, 0.3) is 0 Å². The van der Waals surface area contributed by atoms with Crippen LogP contribution in [-0.4, -0.2) is 74.1 Å². The molecule has 3 rings (SSSR count). The molecule has 1 atom stereocenters. The van der Waals surface area contributed by atoms with Crippen LogP contribution in [0.2, 0.25) is 0 Å². The van der Waals surface area contributed by atoms with Crippen molar-refractivity contribution in [2.45, 2.75) is 38.1 Å². The molecule has 0 aromatic carbocycles. The highest BCUT2D eigenvalue weighted by Gasteiger charge is 2.37. The molecular weight excluding hydrogens is 330 g/mol. The van der Waals surface area contributed by atoms with Crippen LogP contribution >= 0.6 is 12.4 Å². The molecule has 3 aliphatic rings. The van der Waals surface area contributed by atoms with Crippen molar-refractivity contribution in [2.24, 2.45) is 11.8 Å². The minimum absolute atomic E-state index is 0. The Bertz CT molecular complexity index is 437. The van der Waals surface area contributed by atoms with Crippen LogP contribution in [-0.2, 0) is 14.3 Å². The number of nitrogens with zero attached hydrogens (tertiary/aromatic N) is 2.